The van der Waals surface area contributed by atoms with E-state index >= 15 is 0 Å². The molecule has 2 N–H and O–H groups in total. The van der Waals surface area contributed by atoms with Gasteiger partial charge in [-0.15, -0.1) is 11.3 Å². The van der Waals surface area contributed by atoms with Crippen LogP contribution in [0.2, 0.25) is 0 Å². The van der Waals surface area contributed by atoms with Crippen LogP contribution >= 0.6 is 11.3 Å². The molecule has 1 unspecified atom stereocenters. The molecule has 13 heavy (non-hydrogen) atoms. The number of hydrogen-bond donors (Lipinski definition) is 2. The number of rotatable bonds is 4. The van der Waals surface area contributed by atoms with Crippen LogP contribution < -0.4 is 5.32 Å². The molecular weight excluding hydrogens is 182 g/mol. The van der Waals surface area contributed by atoms with Gasteiger partial charge in [-0.25, -0.2) is 0 Å². The Morgan fingerprint density at radius 3 is 2.62 bits per heavy atom. The molecule has 0 amide bonds. The quantitative estimate of drug-likeness (QED) is 0.778. The fraction of sp³-hybridized carbons (Fsp3) is 0.600. The summed E-state index contributed by atoms with van der Waals surface area (Å²) in [6, 6.07) is 4.77. The zero-order valence-corrected chi connectivity index (χ0v) is 9.19. The zero-order chi connectivity index (χ0) is 9.84. The minimum absolute atomic E-state index is 0.164. The van der Waals surface area contributed by atoms with Gasteiger partial charge in [-0.2, -0.15) is 0 Å². The predicted octanol–water partition coefficient (Wildman–Crippen LogP) is 2.09. The van der Waals surface area contributed by atoms with Crippen molar-refractivity contribution in [3.8, 4) is 0 Å². The van der Waals surface area contributed by atoms with Crippen LogP contribution in [0.5, 0.6) is 0 Å². The third-order valence-electron chi connectivity index (χ3n) is 2.00. The lowest BCUT2D eigenvalue weighted by Crippen LogP contribution is -2.31. The van der Waals surface area contributed by atoms with Crippen LogP contribution in [0.25, 0.3) is 0 Å². The zero-order valence-electron chi connectivity index (χ0n) is 8.37. The van der Waals surface area contributed by atoms with Crippen LogP contribution in [0.1, 0.15) is 29.6 Å². The van der Waals surface area contributed by atoms with Crippen molar-refractivity contribution in [3.63, 3.8) is 0 Å². The molecule has 1 aromatic heterocycles. The second-order valence-electron chi connectivity index (χ2n) is 3.42. The fourth-order valence-corrected chi connectivity index (χ4v) is 2.14. The van der Waals surface area contributed by atoms with Gasteiger partial charge in [0.15, 0.2) is 0 Å². The summed E-state index contributed by atoms with van der Waals surface area (Å²) in [5.74, 6) is 0. The van der Waals surface area contributed by atoms with E-state index in [0.29, 0.717) is 6.04 Å². The van der Waals surface area contributed by atoms with E-state index in [1.54, 1.807) is 11.3 Å². The van der Waals surface area contributed by atoms with E-state index in [0.717, 1.165) is 0 Å². The van der Waals surface area contributed by atoms with Gasteiger partial charge >= 0.3 is 0 Å². The first-order valence-corrected chi connectivity index (χ1v) is 5.38. The van der Waals surface area contributed by atoms with Crippen molar-refractivity contribution >= 4 is 11.3 Å². The maximum Gasteiger partial charge on any atom is 0.0582 e. The Hall–Kier alpha value is -0.380. The topological polar surface area (TPSA) is 32.3 Å². The smallest absolute Gasteiger partial charge is 0.0582 e. The van der Waals surface area contributed by atoms with Crippen molar-refractivity contribution < 1.29 is 5.11 Å². The average molecular weight is 199 g/mol. The minimum Gasteiger partial charge on any atom is -0.395 e. The number of aryl methyl sites for hydroxylation is 1. The highest BCUT2D eigenvalue weighted by Crippen LogP contribution is 2.22. The molecular formula is C10H17NOS. The van der Waals surface area contributed by atoms with E-state index in [-0.39, 0.29) is 12.6 Å². The van der Waals surface area contributed by atoms with Gasteiger partial charge in [0, 0.05) is 21.8 Å². The van der Waals surface area contributed by atoms with Crippen LogP contribution in [0, 0.1) is 6.92 Å². The van der Waals surface area contributed by atoms with Crippen molar-refractivity contribution in [2.75, 3.05) is 6.61 Å². The van der Waals surface area contributed by atoms with E-state index in [2.05, 4.69) is 31.3 Å². The Morgan fingerprint density at radius 2 is 2.15 bits per heavy atom. The van der Waals surface area contributed by atoms with Crippen molar-refractivity contribution in [1.82, 2.24) is 5.32 Å². The van der Waals surface area contributed by atoms with Crippen molar-refractivity contribution in [2.45, 2.75) is 32.9 Å². The molecule has 2 atom stereocenters. The largest absolute Gasteiger partial charge is 0.395 e. The maximum atomic E-state index is 8.88. The van der Waals surface area contributed by atoms with E-state index in [1.165, 1.54) is 9.75 Å². The van der Waals surface area contributed by atoms with Gasteiger partial charge in [0.25, 0.3) is 0 Å². The molecule has 0 saturated heterocycles. The van der Waals surface area contributed by atoms with Crippen molar-refractivity contribution in [1.29, 1.82) is 0 Å². The van der Waals surface area contributed by atoms with Crippen molar-refractivity contribution in [2.24, 2.45) is 0 Å². The third-order valence-corrected chi connectivity index (χ3v) is 3.18. The predicted molar refractivity (Wildman–Crippen MR) is 57.2 cm³/mol. The summed E-state index contributed by atoms with van der Waals surface area (Å²) >= 11 is 1.80. The number of aliphatic hydroxyl groups is 1. The summed E-state index contributed by atoms with van der Waals surface area (Å²) in [6.07, 6.45) is 0. The lowest BCUT2D eigenvalue weighted by molar-refractivity contribution is 0.243. The lowest BCUT2D eigenvalue weighted by atomic mass is 10.2. The van der Waals surface area contributed by atoms with Crippen molar-refractivity contribution in [3.05, 3.63) is 21.9 Å². The first kappa shape index (κ1) is 10.7. The summed E-state index contributed by atoms with van der Waals surface area (Å²) < 4.78 is 0. The highest BCUT2D eigenvalue weighted by molar-refractivity contribution is 7.12. The van der Waals surface area contributed by atoms with Gasteiger partial charge in [0.1, 0.15) is 0 Å². The second kappa shape index (κ2) is 4.74. The van der Waals surface area contributed by atoms with Gasteiger partial charge in [-0.05, 0) is 32.9 Å². The number of nitrogens with one attached hydrogen (secondary N) is 1. The van der Waals surface area contributed by atoms with E-state index in [4.69, 9.17) is 5.11 Å². The summed E-state index contributed by atoms with van der Waals surface area (Å²) in [5.41, 5.74) is 0. The molecule has 0 aliphatic heterocycles. The first-order valence-electron chi connectivity index (χ1n) is 4.56. The Labute approximate surface area is 83.6 Å². The molecule has 0 aromatic carbocycles. The van der Waals surface area contributed by atoms with Gasteiger partial charge in [-0.1, -0.05) is 0 Å². The molecule has 74 valence electrons. The van der Waals surface area contributed by atoms with Crippen LogP contribution in [0.15, 0.2) is 12.1 Å². The third kappa shape index (κ3) is 3.10. The lowest BCUT2D eigenvalue weighted by Gasteiger charge is -2.16. The molecule has 0 aliphatic carbocycles. The van der Waals surface area contributed by atoms with Gasteiger partial charge in [0.05, 0.1) is 6.61 Å². The Morgan fingerprint density at radius 1 is 1.46 bits per heavy atom. The van der Waals surface area contributed by atoms with Gasteiger partial charge in [0.2, 0.25) is 0 Å². The average Bonchev–Trinajstić information content (AvgIpc) is 2.51. The van der Waals surface area contributed by atoms with E-state index < -0.39 is 0 Å². The van der Waals surface area contributed by atoms with E-state index in [9.17, 15) is 0 Å². The molecule has 0 bridgehead atoms. The Balaban J connectivity index is 2.53. The SMILES string of the molecule is Cc1ccc(C(C)N[C@@H](C)CO)s1. The Bertz CT molecular complexity index is 259. The standard InChI is InChI=1S/C10H17NOS/c1-7(6-12)11-9(3)10-5-4-8(2)13-10/h4-5,7,9,11-12H,6H2,1-3H3/t7-,9?/m0/s1. The molecule has 3 heteroatoms. The number of aliphatic hydroxyl groups excluding tert-OH is 1. The van der Waals surface area contributed by atoms with Gasteiger partial charge < -0.3 is 10.4 Å². The van der Waals surface area contributed by atoms with E-state index in [1.807, 2.05) is 6.92 Å². The van der Waals surface area contributed by atoms with Gasteiger partial charge in [-0.3, -0.25) is 0 Å². The Kier molecular flexibility index (Phi) is 3.90. The number of hydrogen-bond acceptors (Lipinski definition) is 3. The molecule has 0 spiro atoms. The van der Waals surface area contributed by atoms with Crippen LogP contribution in [0.4, 0.5) is 0 Å². The highest BCUT2D eigenvalue weighted by atomic mass is 32.1. The highest BCUT2D eigenvalue weighted by Gasteiger charge is 2.09. The molecule has 0 saturated carbocycles. The molecule has 0 aliphatic rings. The maximum absolute atomic E-state index is 8.88. The second-order valence-corrected chi connectivity index (χ2v) is 4.74. The normalized spacial score (nSPS) is 15.7. The van der Waals surface area contributed by atoms with Crippen LogP contribution in [-0.2, 0) is 0 Å². The summed E-state index contributed by atoms with van der Waals surface area (Å²) in [4.78, 5) is 2.66. The summed E-state index contributed by atoms with van der Waals surface area (Å²) in [6.45, 7) is 6.40. The molecule has 1 heterocycles. The van der Waals surface area contributed by atoms with Crippen LogP contribution in [0.3, 0.4) is 0 Å². The molecule has 0 radical (unpaired) electrons. The fourth-order valence-electron chi connectivity index (χ4n) is 1.25. The van der Waals surface area contributed by atoms with Crippen LogP contribution in [-0.4, -0.2) is 17.8 Å². The number of thiophene rings is 1. The summed E-state index contributed by atoms with van der Waals surface area (Å²) in [7, 11) is 0. The monoisotopic (exact) mass is 199 g/mol. The first-order chi connectivity index (χ1) is 6.13. The molecule has 1 aromatic rings. The summed E-state index contributed by atoms with van der Waals surface area (Å²) in [5, 5.41) is 12.2. The molecule has 2 nitrogen and oxygen atoms in total. The minimum atomic E-state index is 0.164. The molecule has 0 fully saturated rings. The molecule has 1 rings (SSSR count).